The van der Waals surface area contributed by atoms with Gasteiger partial charge in [-0.25, -0.2) is 0 Å². The number of rotatable bonds is 5. The van der Waals surface area contributed by atoms with Crippen LogP contribution in [-0.4, -0.2) is 24.0 Å². The fourth-order valence-corrected chi connectivity index (χ4v) is 12.3. The molecule has 0 spiro atoms. The van der Waals surface area contributed by atoms with Gasteiger partial charge in [0.2, 0.25) is 0 Å². The van der Waals surface area contributed by atoms with E-state index in [1.165, 1.54) is 81.6 Å². The molecule has 9 aliphatic rings. The molecular weight excluding hydrogens is 733 g/mol. The van der Waals surface area contributed by atoms with Crippen molar-refractivity contribution in [1.29, 1.82) is 0 Å². The van der Waals surface area contributed by atoms with E-state index in [2.05, 4.69) is 181 Å². The maximum atomic E-state index is 7.25. The van der Waals surface area contributed by atoms with Gasteiger partial charge in [0.05, 0.1) is 29.7 Å². The van der Waals surface area contributed by atoms with Crippen LogP contribution >= 0.6 is 0 Å². The van der Waals surface area contributed by atoms with Crippen molar-refractivity contribution in [1.82, 2.24) is 16.0 Å². The third-order valence-corrected chi connectivity index (χ3v) is 15.5. The topological polar surface area (TPSA) is 48.6 Å². The van der Waals surface area contributed by atoms with E-state index in [1.807, 2.05) is 0 Å². The van der Waals surface area contributed by atoms with Crippen LogP contribution in [0.4, 0.5) is 5.69 Å². The molecule has 3 heterocycles. The Labute approximate surface area is 355 Å². The first kappa shape index (κ1) is 36.6. The van der Waals surface area contributed by atoms with E-state index in [9.17, 15) is 0 Å². The average molecular weight is 789 g/mol. The Morgan fingerprint density at radius 3 is 2.48 bits per heavy atom. The minimum Gasteiger partial charge on any atom is -0.487 e. The number of ether oxygens (including phenoxy) is 1. The fraction of sp³-hybridized carbons (Fsp3) is 0.345. The summed E-state index contributed by atoms with van der Waals surface area (Å²) in [6.45, 7) is 7.29. The average Bonchev–Trinajstić information content (AvgIpc) is 3.91. The van der Waals surface area contributed by atoms with Crippen LogP contribution in [0.5, 0.6) is 0 Å². The van der Waals surface area contributed by atoms with Crippen LogP contribution in [0.3, 0.4) is 0 Å². The van der Waals surface area contributed by atoms with Crippen molar-refractivity contribution in [3.8, 4) is 11.1 Å². The molecule has 12 rings (SSSR count). The molecule has 8 atom stereocenters. The van der Waals surface area contributed by atoms with Gasteiger partial charge < -0.3 is 9.64 Å². The summed E-state index contributed by atoms with van der Waals surface area (Å²) in [4.78, 5) is 2.58. The highest BCUT2D eigenvalue weighted by molar-refractivity contribution is 5.81. The van der Waals surface area contributed by atoms with Gasteiger partial charge in [0.15, 0.2) is 0 Å². The molecule has 0 radical (unpaired) electrons. The van der Waals surface area contributed by atoms with Gasteiger partial charge in [0.1, 0.15) is 11.9 Å². The Hall–Kier alpha value is -5.20. The summed E-state index contributed by atoms with van der Waals surface area (Å²) < 4.78 is 7.25. The van der Waals surface area contributed by atoms with E-state index in [-0.39, 0.29) is 41.7 Å². The van der Waals surface area contributed by atoms with E-state index in [1.54, 1.807) is 11.1 Å². The van der Waals surface area contributed by atoms with E-state index < -0.39 is 5.66 Å². The second-order valence-corrected chi connectivity index (χ2v) is 19.2. The van der Waals surface area contributed by atoms with Gasteiger partial charge in [-0.05, 0) is 108 Å². The highest BCUT2D eigenvalue weighted by Gasteiger charge is 2.49. The minimum atomic E-state index is -0.397. The summed E-state index contributed by atoms with van der Waals surface area (Å²) in [6, 6.07) is 25.4. The SMILES string of the molecule is CC1(C)C2=C(CCCC2)c2ccc([C@H]3NC(C4=CC=CCC4)NC(C)(C4C=CC5=C(C4)OC4C(N6c7ccc(-c8ccccc8)cc7C7C=CC=CC76)=CC=CC54)N3)cc21. The molecule has 1 fully saturated rings. The normalized spacial score (nSPS) is 32.8. The molecule has 1 saturated heterocycles. The molecule has 3 aromatic rings. The fourth-order valence-electron chi connectivity index (χ4n) is 12.3. The zero-order chi connectivity index (χ0) is 40.2. The molecule has 302 valence electrons. The molecule has 3 aromatic carbocycles. The lowest BCUT2D eigenvalue weighted by Crippen LogP contribution is -2.72. The zero-order valence-corrected chi connectivity index (χ0v) is 35.1. The third-order valence-electron chi connectivity index (χ3n) is 15.5. The van der Waals surface area contributed by atoms with Crippen LogP contribution in [0.1, 0.15) is 100 Å². The van der Waals surface area contributed by atoms with Gasteiger partial charge in [-0.15, -0.1) is 0 Å². The minimum absolute atomic E-state index is 0.0108. The van der Waals surface area contributed by atoms with E-state index in [0.717, 1.165) is 25.0 Å². The van der Waals surface area contributed by atoms with Crippen molar-refractivity contribution in [2.45, 2.75) is 107 Å². The number of nitrogens with one attached hydrogen (secondary N) is 3. The summed E-state index contributed by atoms with van der Waals surface area (Å²) in [7, 11) is 0. The Morgan fingerprint density at radius 1 is 0.750 bits per heavy atom. The molecule has 3 N–H and O–H groups in total. The molecule has 6 aliphatic carbocycles. The van der Waals surface area contributed by atoms with Gasteiger partial charge in [0, 0.05) is 40.9 Å². The highest BCUT2D eigenvalue weighted by Crippen LogP contribution is 2.54. The predicted octanol–water partition coefficient (Wildman–Crippen LogP) is 11.5. The number of hydrogen-bond acceptors (Lipinski definition) is 5. The quantitative estimate of drug-likeness (QED) is 0.240. The zero-order valence-electron chi connectivity index (χ0n) is 35.1. The molecule has 60 heavy (non-hydrogen) atoms. The number of hydrogen-bond donors (Lipinski definition) is 3. The number of allylic oxidation sites excluding steroid dienone is 11. The first-order valence-electron chi connectivity index (χ1n) is 22.7. The monoisotopic (exact) mass is 788 g/mol. The van der Waals surface area contributed by atoms with Crippen LogP contribution in [0.2, 0.25) is 0 Å². The van der Waals surface area contributed by atoms with E-state index in [4.69, 9.17) is 4.74 Å². The third kappa shape index (κ3) is 5.69. The van der Waals surface area contributed by atoms with Gasteiger partial charge in [-0.3, -0.25) is 16.0 Å². The number of fused-ring (bicyclic) bond motifs is 7. The lowest BCUT2D eigenvalue weighted by atomic mass is 9.77. The number of benzene rings is 3. The Morgan fingerprint density at radius 2 is 1.60 bits per heavy atom. The molecule has 5 heteroatoms. The van der Waals surface area contributed by atoms with Crippen LogP contribution < -0.4 is 20.9 Å². The Balaban J connectivity index is 0.834. The maximum absolute atomic E-state index is 7.25. The van der Waals surface area contributed by atoms with Crippen molar-refractivity contribution in [3.63, 3.8) is 0 Å². The van der Waals surface area contributed by atoms with E-state index in [0.29, 0.717) is 5.92 Å². The molecule has 0 saturated carbocycles. The van der Waals surface area contributed by atoms with Gasteiger partial charge in [-0.1, -0.05) is 141 Å². The lowest BCUT2D eigenvalue weighted by molar-refractivity contribution is 0.0812. The van der Waals surface area contributed by atoms with Crippen LogP contribution in [0, 0.1) is 11.8 Å². The highest BCUT2D eigenvalue weighted by atomic mass is 16.5. The first-order valence-corrected chi connectivity index (χ1v) is 22.7. The molecule has 0 amide bonds. The smallest absolute Gasteiger partial charge is 0.148 e. The Bertz CT molecular complexity index is 2580. The number of anilines is 1. The molecule has 5 nitrogen and oxygen atoms in total. The van der Waals surface area contributed by atoms with Crippen molar-refractivity contribution in [2.24, 2.45) is 11.8 Å². The summed E-state index contributed by atoms with van der Waals surface area (Å²) >= 11 is 0. The van der Waals surface area contributed by atoms with Crippen molar-refractivity contribution in [2.75, 3.05) is 4.90 Å². The van der Waals surface area contributed by atoms with Crippen molar-refractivity contribution < 1.29 is 4.74 Å². The number of nitrogens with zero attached hydrogens (tertiary/aromatic N) is 1. The van der Waals surface area contributed by atoms with Crippen LogP contribution in [0.15, 0.2) is 168 Å². The maximum Gasteiger partial charge on any atom is 0.148 e. The standard InChI is InChI=1S/C55H56N4O/c1-54(2)45-22-12-10-19-39(45)40-28-25-37(32-46(40)54)53-56-52(35-17-8-5-9-18-35)57-55(3,58-53)38-27-29-42-43-21-14-24-49(51(43)60-50(42)33-38)59-47-23-13-11-20-41(47)44-31-36(26-30-48(44)59)34-15-6-4-7-16-34/h4-8,11,13-17,20-21,23-32,38,41,43,47,51-53,56-58H,9-10,12,18-19,22,33H2,1-3H3/t38?,41?,43?,47?,51?,52?,53-,55?/m0/s1. The summed E-state index contributed by atoms with van der Waals surface area (Å²) in [6.07, 6.45) is 35.9. The van der Waals surface area contributed by atoms with Gasteiger partial charge >= 0.3 is 0 Å². The Kier molecular flexibility index (Phi) is 8.50. The largest absolute Gasteiger partial charge is 0.487 e. The van der Waals surface area contributed by atoms with Gasteiger partial charge in [-0.2, -0.15) is 0 Å². The first-order chi connectivity index (χ1) is 29.3. The predicted molar refractivity (Wildman–Crippen MR) is 245 cm³/mol. The second kappa shape index (κ2) is 13.9. The van der Waals surface area contributed by atoms with Crippen LogP contribution in [0.25, 0.3) is 16.7 Å². The molecule has 0 bridgehead atoms. The van der Waals surface area contributed by atoms with Crippen molar-refractivity contribution >= 4 is 11.3 Å². The molecule has 0 aromatic heterocycles. The second-order valence-electron chi connectivity index (χ2n) is 19.2. The molecular formula is C55H56N4O. The summed E-state index contributed by atoms with van der Waals surface area (Å²) in [5, 5.41) is 12.3. The molecule has 7 unspecified atom stereocenters. The van der Waals surface area contributed by atoms with Crippen LogP contribution in [-0.2, 0) is 10.2 Å². The van der Waals surface area contributed by atoms with E-state index >= 15 is 0 Å². The van der Waals surface area contributed by atoms with Gasteiger partial charge in [0.25, 0.3) is 0 Å². The summed E-state index contributed by atoms with van der Waals surface area (Å²) in [5.41, 5.74) is 16.5. The lowest BCUT2D eigenvalue weighted by Gasteiger charge is -2.50. The van der Waals surface area contributed by atoms with Crippen molar-refractivity contribution in [3.05, 3.63) is 190 Å². The summed E-state index contributed by atoms with van der Waals surface area (Å²) in [5.74, 6) is 1.79. The molecule has 3 aliphatic heterocycles.